The minimum atomic E-state index is -0.343. The van der Waals surface area contributed by atoms with Crippen LogP contribution in [0.4, 0.5) is 0 Å². The predicted octanol–water partition coefficient (Wildman–Crippen LogP) is 0.383. The second kappa shape index (κ2) is 4.02. The number of ether oxygens (including phenoxy) is 1. The van der Waals surface area contributed by atoms with Crippen molar-refractivity contribution >= 4 is 18.6 Å². The van der Waals surface area contributed by atoms with Crippen LogP contribution in [0.1, 0.15) is 5.82 Å². The molecule has 0 atom stereocenters. The Balaban J connectivity index is 2.29. The summed E-state index contributed by atoms with van der Waals surface area (Å²) in [5, 5.41) is 0. The molecular weight excluding hydrogens is 164 g/mol. The molecule has 0 aliphatic heterocycles. The number of carbonyl (C=O) groups is 1. The van der Waals surface area contributed by atoms with Crippen LogP contribution < -0.4 is 0 Å². The van der Waals surface area contributed by atoms with Crippen molar-refractivity contribution in [2.75, 3.05) is 5.75 Å². The van der Waals surface area contributed by atoms with Gasteiger partial charge in [0, 0.05) is 12.4 Å². The molecule has 0 aliphatic carbocycles. The van der Waals surface area contributed by atoms with Gasteiger partial charge in [0.2, 0.25) is 0 Å². The number of rotatable bonds is 3. The van der Waals surface area contributed by atoms with Gasteiger partial charge in [-0.2, -0.15) is 12.6 Å². The minimum Gasteiger partial charge on any atom is -0.457 e. The molecule has 0 aliphatic rings. The Labute approximate surface area is 69.4 Å². The highest BCUT2D eigenvalue weighted by Crippen LogP contribution is 1.92. The van der Waals surface area contributed by atoms with Gasteiger partial charge in [0.1, 0.15) is 12.4 Å². The summed E-state index contributed by atoms with van der Waals surface area (Å²) in [6, 6.07) is 0. The van der Waals surface area contributed by atoms with Gasteiger partial charge in [-0.25, -0.2) is 4.98 Å². The maximum Gasteiger partial charge on any atom is 0.316 e. The van der Waals surface area contributed by atoms with E-state index in [-0.39, 0.29) is 18.3 Å². The Morgan fingerprint density at radius 2 is 2.64 bits per heavy atom. The molecule has 1 aromatic rings. The first-order valence-electron chi connectivity index (χ1n) is 3.07. The number of carbonyl (C=O) groups excluding carboxylic acids is 1. The van der Waals surface area contributed by atoms with E-state index in [2.05, 4.69) is 22.6 Å². The van der Waals surface area contributed by atoms with E-state index in [0.717, 1.165) is 0 Å². The summed E-state index contributed by atoms with van der Waals surface area (Å²) >= 11 is 3.74. The molecule has 1 aromatic heterocycles. The van der Waals surface area contributed by atoms with Crippen LogP contribution in [0, 0.1) is 0 Å². The number of nitrogens with zero attached hydrogens (tertiary/aromatic N) is 1. The minimum absolute atomic E-state index is 0.0979. The summed E-state index contributed by atoms with van der Waals surface area (Å²) in [4.78, 5) is 17.2. The predicted molar refractivity (Wildman–Crippen MR) is 42.2 cm³/mol. The fourth-order valence-electron chi connectivity index (χ4n) is 0.571. The van der Waals surface area contributed by atoms with Crippen LogP contribution in [-0.4, -0.2) is 21.7 Å². The van der Waals surface area contributed by atoms with E-state index in [1.54, 1.807) is 12.4 Å². The lowest BCUT2D eigenvalue weighted by Crippen LogP contribution is -2.06. The van der Waals surface area contributed by atoms with Crippen molar-refractivity contribution in [3.63, 3.8) is 0 Å². The zero-order valence-corrected chi connectivity index (χ0v) is 6.67. The first kappa shape index (κ1) is 8.13. The van der Waals surface area contributed by atoms with Crippen LogP contribution in [-0.2, 0) is 16.1 Å². The van der Waals surface area contributed by atoms with Crippen LogP contribution in [0.15, 0.2) is 12.4 Å². The molecule has 0 fully saturated rings. The van der Waals surface area contributed by atoms with Crippen LogP contribution >= 0.6 is 12.6 Å². The molecule has 5 heteroatoms. The van der Waals surface area contributed by atoms with Crippen molar-refractivity contribution in [3.05, 3.63) is 18.2 Å². The second-order valence-corrected chi connectivity index (χ2v) is 2.17. The molecule has 4 nitrogen and oxygen atoms in total. The molecule has 0 spiro atoms. The summed E-state index contributed by atoms with van der Waals surface area (Å²) in [6.45, 7) is 0.187. The molecule has 0 amide bonds. The first-order chi connectivity index (χ1) is 5.33. The Kier molecular flexibility index (Phi) is 2.97. The number of esters is 1. The highest BCUT2D eigenvalue weighted by atomic mass is 32.1. The summed E-state index contributed by atoms with van der Waals surface area (Å²) in [7, 11) is 0. The van der Waals surface area contributed by atoms with Crippen molar-refractivity contribution in [2.24, 2.45) is 0 Å². The normalized spacial score (nSPS) is 9.55. The van der Waals surface area contributed by atoms with E-state index >= 15 is 0 Å². The Bertz CT molecular complexity index is 222. The van der Waals surface area contributed by atoms with Gasteiger partial charge in [-0.1, -0.05) is 0 Å². The van der Waals surface area contributed by atoms with Gasteiger partial charge in [-0.15, -0.1) is 0 Å². The standard InChI is InChI=1S/C6H8N2O2S/c9-6(4-11)10-3-5-7-1-2-8-5/h1-2,11H,3-4H2,(H,7,8). The molecule has 1 N–H and O–H groups in total. The maximum absolute atomic E-state index is 10.6. The molecule has 11 heavy (non-hydrogen) atoms. The second-order valence-electron chi connectivity index (χ2n) is 1.85. The SMILES string of the molecule is O=C(CS)OCc1ncc[nH]1. The van der Waals surface area contributed by atoms with Gasteiger partial charge in [-0.05, 0) is 0 Å². The molecule has 0 unspecified atom stereocenters. The molecule has 1 rings (SSSR count). The number of imidazole rings is 1. The summed E-state index contributed by atoms with van der Waals surface area (Å²) in [5.74, 6) is 0.394. The number of thiol groups is 1. The third-order valence-corrected chi connectivity index (χ3v) is 1.31. The molecule has 1 heterocycles. The lowest BCUT2D eigenvalue weighted by atomic mass is 10.6. The molecular formula is C6H8N2O2S. The Morgan fingerprint density at radius 3 is 3.18 bits per heavy atom. The lowest BCUT2D eigenvalue weighted by molar-refractivity contribution is -0.141. The number of hydrogen-bond acceptors (Lipinski definition) is 4. The fourth-order valence-corrected chi connectivity index (χ4v) is 0.663. The number of aromatic amines is 1. The van der Waals surface area contributed by atoms with E-state index in [1.807, 2.05) is 0 Å². The third-order valence-electron chi connectivity index (χ3n) is 1.05. The van der Waals surface area contributed by atoms with Crippen LogP contribution in [0.3, 0.4) is 0 Å². The van der Waals surface area contributed by atoms with Gasteiger partial charge in [0.25, 0.3) is 0 Å². The average Bonchev–Trinajstić information content (AvgIpc) is 2.52. The first-order valence-corrected chi connectivity index (χ1v) is 3.71. The number of nitrogens with one attached hydrogen (secondary N) is 1. The lowest BCUT2D eigenvalue weighted by Gasteiger charge is -1.98. The van der Waals surface area contributed by atoms with Crippen molar-refractivity contribution in [3.8, 4) is 0 Å². The van der Waals surface area contributed by atoms with E-state index in [4.69, 9.17) is 4.74 Å². The quantitative estimate of drug-likeness (QED) is 0.512. The van der Waals surface area contributed by atoms with E-state index in [1.165, 1.54) is 0 Å². The van der Waals surface area contributed by atoms with Crippen LogP contribution in [0.25, 0.3) is 0 Å². The smallest absolute Gasteiger partial charge is 0.316 e. The molecule has 0 bridgehead atoms. The van der Waals surface area contributed by atoms with Crippen LogP contribution in [0.2, 0.25) is 0 Å². The van der Waals surface area contributed by atoms with Crippen molar-refractivity contribution in [1.29, 1.82) is 0 Å². The third kappa shape index (κ3) is 2.63. The van der Waals surface area contributed by atoms with Gasteiger partial charge in [-0.3, -0.25) is 4.79 Å². The molecule has 0 radical (unpaired) electrons. The highest BCUT2D eigenvalue weighted by Gasteiger charge is 1.99. The van der Waals surface area contributed by atoms with Gasteiger partial charge < -0.3 is 9.72 Å². The van der Waals surface area contributed by atoms with Crippen molar-refractivity contribution < 1.29 is 9.53 Å². The largest absolute Gasteiger partial charge is 0.457 e. The van der Waals surface area contributed by atoms with Crippen LogP contribution in [0.5, 0.6) is 0 Å². The Morgan fingerprint density at radius 1 is 1.82 bits per heavy atom. The van der Waals surface area contributed by atoms with Crippen molar-refractivity contribution in [2.45, 2.75) is 6.61 Å². The zero-order chi connectivity index (χ0) is 8.10. The summed E-state index contributed by atoms with van der Waals surface area (Å²) < 4.78 is 4.73. The zero-order valence-electron chi connectivity index (χ0n) is 5.78. The topological polar surface area (TPSA) is 55.0 Å². The van der Waals surface area contributed by atoms with Gasteiger partial charge >= 0.3 is 5.97 Å². The number of H-pyrrole nitrogens is 1. The number of hydrogen-bond donors (Lipinski definition) is 2. The fraction of sp³-hybridized carbons (Fsp3) is 0.333. The molecule has 0 saturated carbocycles. The Hall–Kier alpha value is -0.970. The number of aromatic nitrogens is 2. The molecule has 0 aromatic carbocycles. The maximum atomic E-state index is 10.6. The van der Waals surface area contributed by atoms with E-state index < -0.39 is 0 Å². The highest BCUT2D eigenvalue weighted by molar-refractivity contribution is 7.81. The van der Waals surface area contributed by atoms with E-state index in [0.29, 0.717) is 5.82 Å². The summed E-state index contributed by atoms with van der Waals surface area (Å²) in [5.41, 5.74) is 0. The van der Waals surface area contributed by atoms with Gasteiger partial charge in [0.05, 0.1) is 5.75 Å². The van der Waals surface area contributed by atoms with Gasteiger partial charge in [0.15, 0.2) is 0 Å². The monoisotopic (exact) mass is 172 g/mol. The summed E-state index contributed by atoms with van der Waals surface area (Å²) in [6.07, 6.45) is 3.27. The molecule has 0 saturated heterocycles. The van der Waals surface area contributed by atoms with E-state index in [9.17, 15) is 4.79 Å². The average molecular weight is 172 g/mol. The van der Waals surface area contributed by atoms with Crippen molar-refractivity contribution in [1.82, 2.24) is 9.97 Å². The molecule has 60 valence electrons.